The minimum atomic E-state index is -1.01. The number of carbonyl (C=O) groups is 4. The van der Waals surface area contributed by atoms with Gasteiger partial charge in [0, 0.05) is 27.7 Å². The summed E-state index contributed by atoms with van der Waals surface area (Å²) in [5.74, 6) is -2.10. The predicted molar refractivity (Wildman–Crippen MR) is 75.1 cm³/mol. The van der Waals surface area contributed by atoms with Crippen LogP contribution in [-0.2, 0) is 38.1 Å². The van der Waals surface area contributed by atoms with Crippen molar-refractivity contribution >= 4 is 23.8 Å². The maximum atomic E-state index is 11.3. The molecule has 4 atom stereocenters. The van der Waals surface area contributed by atoms with Gasteiger partial charge in [0.05, 0.1) is 12.6 Å². The molecule has 0 aromatic carbocycles. The minimum Gasteiger partial charge on any atom is -0.463 e. The van der Waals surface area contributed by atoms with Crippen molar-refractivity contribution < 1.29 is 38.1 Å². The topological polar surface area (TPSA) is 117 Å². The van der Waals surface area contributed by atoms with E-state index in [1.165, 1.54) is 27.7 Å². The minimum absolute atomic E-state index is 0.0151. The summed E-state index contributed by atoms with van der Waals surface area (Å²) >= 11 is 0. The molecule has 9 nitrogen and oxygen atoms in total. The number of ether oxygens (including phenoxy) is 4. The molecule has 130 valence electrons. The van der Waals surface area contributed by atoms with Gasteiger partial charge in [-0.15, -0.1) is 0 Å². The van der Waals surface area contributed by atoms with Crippen LogP contribution in [-0.4, -0.2) is 61.4 Å². The molecule has 1 aliphatic rings. The molecule has 0 bridgehead atoms. The van der Waals surface area contributed by atoms with Crippen molar-refractivity contribution in [3.8, 4) is 0 Å². The molecule has 1 amide bonds. The van der Waals surface area contributed by atoms with Crippen LogP contribution in [0.2, 0.25) is 0 Å². The monoisotopic (exact) mass is 331 g/mol. The second kappa shape index (κ2) is 8.47. The lowest BCUT2D eigenvalue weighted by atomic mass is 9.97. The fourth-order valence-corrected chi connectivity index (χ4v) is 2.26. The summed E-state index contributed by atoms with van der Waals surface area (Å²) in [6, 6.07) is -0.686. The molecule has 9 heteroatoms. The first-order valence-corrected chi connectivity index (χ1v) is 7.07. The normalized spacial score (nSPS) is 26.8. The van der Waals surface area contributed by atoms with Gasteiger partial charge in [0.25, 0.3) is 0 Å². The maximum Gasteiger partial charge on any atom is 0.303 e. The highest BCUT2D eigenvalue weighted by atomic mass is 16.6. The number of carbonyl (C=O) groups excluding carboxylic acids is 4. The van der Waals surface area contributed by atoms with Crippen molar-refractivity contribution in [1.29, 1.82) is 0 Å². The lowest BCUT2D eigenvalue weighted by Crippen LogP contribution is -2.62. The van der Waals surface area contributed by atoms with Gasteiger partial charge in [-0.05, 0) is 0 Å². The molecule has 0 radical (unpaired) electrons. The van der Waals surface area contributed by atoms with Gasteiger partial charge >= 0.3 is 17.9 Å². The highest BCUT2D eigenvalue weighted by molar-refractivity contribution is 5.73. The number of nitrogens with one attached hydrogen (secondary N) is 1. The van der Waals surface area contributed by atoms with Gasteiger partial charge in [-0.3, -0.25) is 19.2 Å². The first kappa shape index (κ1) is 18.9. The van der Waals surface area contributed by atoms with Crippen LogP contribution in [0.4, 0.5) is 0 Å². The Morgan fingerprint density at radius 2 is 1.52 bits per heavy atom. The lowest BCUT2D eigenvalue weighted by molar-refractivity contribution is -0.207. The Hall–Kier alpha value is -2.16. The summed E-state index contributed by atoms with van der Waals surface area (Å²) in [4.78, 5) is 44.9. The third-order valence-electron chi connectivity index (χ3n) is 3.02. The van der Waals surface area contributed by atoms with Gasteiger partial charge in [-0.1, -0.05) is 0 Å². The Balaban J connectivity index is 2.98. The van der Waals surface area contributed by atoms with Crippen molar-refractivity contribution in [2.45, 2.75) is 52.0 Å². The summed E-state index contributed by atoms with van der Waals surface area (Å²) in [6.07, 6.45) is -2.77. The van der Waals surface area contributed by atoms with E-state index in [2.05, 4.69) is 5.32 Å². The van der Waals surface area contributed by atoms with E-state index in [4.69, 9.17) is 18.9 Å². The standard InChI is InChI=1S/C14H21NO8/c1-7(16)15-11-5-21-12(6-20-8(2)17)14(23-10(4)19)13(11)22-9(3)18/h11-14H,5-6H2,1-4H3,(H,15,16)/t11-,12+,13+,14+/m0/s1. The number of rotatable bonds is 5. The summed E-state index contributed by atoms with van der Waals surface area (Å²) in [6.45, 7) is 4.77. The number of esters is 3. The fourth-order valence-electron chi connectivity index (χ4n) is 2.26. The molecule has 1 aliphatic heterocycles. The average Bonchev–Trinajstić information content (AvgIpc) is 2.39. The summed E-state index contributed by atoms with van der Waals surface area (Å²) in [5.41, 5.74) is 0. The van der Waals surface area contributed by atoms with Crippen LogP contribution in [0.3, 0.4) is 0 Å². The molecule has 1 N–H and O–H groups in total. The van der Waals surface area contributed by atoms with Crippen molar-refractivity contribution in [1.82, 2.24) is 5.32 Å². The molecule has 0 aromatic rings. The van der Waals surface area contributed by atoms with Crippen LogP contribution in [0.5, 0.6) is 0 Å². The van der Waals surface area contributed by atoms with Crippen molar-refractivity contribution in [2.24, 2.45) is 0 Å². The van der Waals surface area contributed by atoms with Crippen LogP contribution in [0.15, 0.2) is 0 Å². The molecular formula is C14H21NO8. The molecule has 0 spiro atoms. The van der Waals surface area contributed by atoms with Gasteiger partial charge in [-0.2, -0.15) is 0 Å². The number of hydrogen-bond donors (Lipinski definition) is 1. The zero-order valence-electron chi connectivity index (χ0n) is 13.5. The van der Waals surface area contributed by atoms with Crippen molar-refractivity contribution in [3.05, 3.63) is 0 Å². The predicted octanol–water partition coefficient (Wildman–Crippen LogP) is -0.684. The Labute approximate surface area is 133 Å². The molecule has 0 aliphatic carbocycles. The fraction of sp³-hybridized carbons (Fsp3) is 0.714. The molecular weight excluding hydrogens is 310 g/mol. The average molecular weight is 331 g/mol. The van der Waals surface area contributed by atoms with E-state index < -0.39 is 42.3 Å². The lowest BCUT2D eigenvalue weighted by Gasteiger charge is -2.41. The first-order chi connectivity index (χ1) is 10.7. The van der Waals surface area contributed by atoms with E-state index in [1.54, 1.807) is 0 Å². The molecule has 23 heavy (non-hydrogen) atoms. The molecule has 0 aromatic heterocycles. The molecule has 1 rings (SSSR count). The zero-order chi connectivity index (χ0) is 17.6. The summed E-state index contributed by atoms with van der Waals surface area (Å²) < 4.78 is 20.8. The maximum absolute atomic E-state index is 11.3. The van der Waals surface area contributed by atoms with Crippen LogP contribution in [0.1, 0.15) is 27.7 Å². The molecule has 0 unspecified atom stereocenters. The highest BCUT2D eigenvalue weighted by Gasteiger charge is 2.45. The molecule has 1 heterocycles. The van der Waals surface area contributed by atoms with E-state index in [1.807, 2.05) is 0 Å². The summed E-state index contributed by atoms with van der Waals surface area (Å²) in [5, 5.41) is 2.59. The van der Waals surface area contributed by atoms with Crippen LogP contribution >= 0.6 is 0 Å². The third kappa shape index (κ3) is 6.23. The van der Waals surface area contributed by atoms with Gasteiger partial charge < -0.3 is 24.3 Å². The van der Waals surface area contributed by atoms with Crippen LogP contribution in [0.25, 0.3) is 0 Å². The molecule has 1 fully saturated rings. The molecule has 1 saturated heterocycles. The second-order valence-corrected chi connectivity index (χ2v) is 5.13. The second-order valence-electron chi connectivity index (χ2n) is 5.13. The van der Waals surface area contributed by atoms with Crippen molar-refractivity contribution in [3.63, 3.8) is 0 Å². The Morgan fingerprint density at radius 3 is 2.00 bits per heavy atom. The number of hydrogen-bond acceptors (Lipinski definition) is 8. The summed E-state index contributed by atoms with van der Waals surface area (Å²) in [7, 11) is 0. The Morgan fingerprint density at radius 1 is 0.957 bits per heavy atom. The number of amides is 1. The smallest absolute Gasteiger partial charge is 0.303 e. The molecule has 0 saturated carbocycles. The van der Waals surface area contributed by atoms with E-state index in [9.17, 15) is 19.2 Å². The highest BCUT2D eigenvalue weighted by Crippen LogP contribution is 2.23. The van der Waals surface area contributed by atoms with E-state index >= 15 is 0 Å². The first-order valence-electron chi connectivity index (χ1n) is 7.07. The van der Waals surface area contributed by atoms with Gasteiger partial charge in [0.1, 0.15) is 12.7 Å². The van der Waals surface area contributed by atoms with Gasteiger partial charge in [0.2, 0.25) is 5.91 Å². The van der Waals surface area contributed by atoms with Crippen LogP contribution in [0, 0.1) is 0 Å². The Kier molecular flexibility index (Phi) is 6.95. The van der Waals surface area contributed by atoms with Gasteiger partial charge in [-0.25, -0.2) is 0 Å². The van der Waals surface area contributed by atoms with Gasteiger partial charge in [0.15, 0.2) is 12.2 Å². The quantitative estimate of drug-likeness (QED) is 0.520. The van der Waals surface area contributed by atoms with Crippen LogP contribution < -0.4 is 5.32 Å². The Bertz CT molecular complexity index is 477. The third-order valence-corrected chi connectivity index (χ3v) is 3.02. The largest absolute Gasteiger partial charge is 0.463 e. The van der Waals surface area contributed by atoms with E-state index in [-0.39, 0.29) is 19.1 Å². The van der Waals surface area contributed by atoms with E-state index in [0.29, 0.717) is 0 Å². The van der Waals surface area contributed by atoms with Crippen molar-refractivity contribution in [2.75, 3.05) is 13.2 Å². The SMILES string of the molecule is CC(=O)N[C@H]1CO[C@H](COC(C)=O)[C@@H](OC(C)=O)[C@@H]1OC(C)=O. The zero-order valence-corrected chi connectivity index (χ0v) is 13.5. The van der Waals surface area contributed by atoms with E-state index in [0.717, 1.165) is 0 Å².